The number of carbonyl (C=O) groups is 1. The monoisotopic (exact) mass is 241 g/mol. The summed E-state index contributed by atoms with van der Waals surface area (Å²) in [6.45, 7) is 9.06. The van der Waals surface area contributed by atoms with Gasteiger partial charge in [-0.15, -0.1) is 0 Å². The highest BCUT2D eigenvalue weighted by atomic mass is 16.4. The van der Waals surface area contributed by atoms with Crippen LogP contribution in [0.5, 0.6) is 0 Å². The molecule has 0 radical (unpaired) electrons. The fourth-order valence-corrected chi connectivity index (χ4v) is 2.30. The fourth-order valence-electron chi connectivity index (χ4n) is 2.30. The Labute approximate surface area is 105 Å². The van der Waals surface area contributed by atoms with E-state index in [4.69, 9.17) is 5.11 Å². The molecule has 0 amide bonds. The van der Waals surface area contributed by atoms with Gasteiger partial charge in [0.25, 0.3) is 0 Å². The predicted octanol–water partition coefficient (Wildman–Crippen LogP) is 3.05. The molecular weight excluding hydrogens is 214 g/mol. The van der Waals surface area contributed by atoms with Crippen molar-refractivity contribution in [2.45, 2.75) is 65.8 Å². The first kappa shape index (κ1) is 14.5. The van der Waals surface area contributed by atoms with Crippen molar-refractivity contribution in [3.05, 3.63) is 0 Å². The lowest BCUT2D eigenvalue weighted by Crippen LogP contribution is -2.38. The molecule has 0 atom stereocenters. The van der Waals surface area contributed by atoms with E-state index in [-0.39, 0.29) is 0 Å². The average molecular weight is 241 g/mol. The standard InChI is InChI=1S/C14H27NO2/c1-13(2)7-5-11(6-8-13)15-10-9-14(3,4)12(16)17/h11,15H,5-10H2,1-4H3,(H,16,17). The van der Waals surface area contributed by atoms with E-state index in [2.05, 4.69) is 19.2 Å². The summed E-state index contributed by atoms with van der Waals surface area (Å²) in [7, 11) is 0. The second-order valence-electron chi connectivity index (χ2n) is 6.83. The molecule has 1 rings (SSSR count). The molecule has 0 unspecified atom stereocenters. The highest BCUT2D eigenvalue weighted by molar-refractivity contribution is 5.73. The number of hydrogen-bond donors (Lipinski definition) is 2. The summed E-state index contributed by atoms with van der Waals surface area (Å²) >= 11 is 0. The van der Waals surface area contributed by atoms with Gasteiger partial charge in [-0.2, -0.15) is 0 Å². The molecule has 1 aliphatic carbocycles. The zero-order chi connectivity index (χ0) is 13.1. The van der Waals surface area contributed by atoms with E-state index in [0.29, 0.717) is 17.9 Å². The van der Waals surface area contributed by atoms with Gasteiger partial charge in [0.1, 0.15) is 0 Å². The van der Waals surface area contributed by atoms with Crippen molar-refractivity contribution in [2.75, 3.05) is 6.54 Å². The second kappa shape index (κ2) is 5.38. The van der Waals surface area contributed by atoms with Gasteiger partial charge in [0.15, 0.2) is 0 Å². The number of aliphatic carboxylic acids is 1. The van der Waals surface area contributed by atoms with Crippen LogP contribution in [0.3, 0.4) is 0 Å². The van der Waals surface area contributed by atoms with E-state index < -0.39 is 11.4 Å². The number of nitrogens with one attached hydrogen (secondary N) is 1. The molecule has 0 aromatic carbocycles. The Morgan fingerprint density at radius 2 is 1.88 bits per heavy atom. The summed E-state index contributed by atoms with van der Waals surface area (Å²) in [6, 6.07) is 0.590. The SMILES string of the molecule is CC1(C)CCC(NCCC(C)(C)C(=O)O)CC1. The van der Waals surface area contributed by atoms with E-state index in [0.717, 1.165) is 6.54 Å². The molecule has 0 aromatic heterocycles. The molecule has 100 valence electrons. The van der Waals surface area contributed by atoms with Crippen LogP contribution in [0.1, 0.15) is 59.8 Å². The molecule has 0 heterocycles. The zero-order valence-corrected chi connectivity index (χ0v) is 11.7. The highest BCUT2D eigenvalue weighted by Gasteiger charge is 2.29. The summed E-state index contributed by atoms with van der Waals surface area (Å²) in [4.78, 5) is 11.0. The van der Waals surface area contributed by atoms with Gasteiger partial charge in [0, 0.05) is 6.04 Å². The first-order chi connectivity index (χ1) is 7.73. The Bertz CT molecular complexity index is 261. The lowest BCUT2D eigenvalue weighted by atomic mass is 9.75. The first-order valence-corrected chi connectivity index (χ1v) is 6.70. The van der Waals surface area contributed by atoms with Crippen LogP contribution in [0.4, 0.5) is 0 Å². The number of carboxylic acid groups (broad SMARTS) is 1. The van der Waals surface area contributed by atoms with Crippen molar-refractivity contribution in [3.63, 3.8) is 0 Å². The quantitative estimate of drug-likeness (QED) is 0.778. The Balaban J connectivity index is 2.23. The molecule has 0 saturated heterocycles. The molecule has 1 fully saturated rings. The van der Waals surface area contributed by atoms with Crippen molar-refractivity contribution in [2.24, 2.45) is 10.8 Å². The lowest BCUT2D eigenvalue weighted by Gasteiger charge is -2.35. The summed E-state index contributed by atoms with van der Waals surface area (Å²) in [5.74, 6) is -0.705. The van der Waals surface area contributed by atoms with Crippen molar-refractivity contribution in [3.8, 4) is 0 Å². The minimum absolute atomic E-state index is 0.499. The zero-order valence-electron chi connectivity index (χ0n) is 11.7. The largest absolute Gasteiger partial charge is 0.481 e. The van der Waals surface area contributed by atoms with Gasteiger partial charge < -0.3 is 10.4 Å². The molecule has 1 saturated carbocycles. The lowest BCUT2D eigenvalue weighted by molar-refractivity contribution is -0.147. The molecule has 0 bridgehead atoms. The van der Waals surface area contributed by atoms with Crippen LogP contribution in [0.2, 0.25) is 0 Å². The third-order valence-corrected chi connectivity index (χ3v) is 4.10. The molecule has 0 spiro atoms. The molecule has 0 aromatic rings. The van der Waals surface area contributed by atoms with Gasteiger partial charge in [0.2, 0.25) is 0 Å². The van der Waals surface area contributed by atoms with Gasteiger partial charge in [-0.05, 0) is 57.9 Å². The van der Waals surface area contributed by atoms with Crippen molar-refractivity contribution in [1.82, 2.24) is 5.32 Å². The van der Waals surface area contributed by atoms with E-state index in [1.54, 1.807) is 13.8 Å². The Hall–Kier alpha value is -0.570. The fraction of sp³-hybridized carbons (Fsp3) is 0.929. The van der Waals surface area contributed by atoms with Crippen molar-refractivity contribution in [1.29, 1.82) is 0 Å². The summed E-state index contributed by atoms with van der Waals surface area (Å²) in [5, 5.41) is 12.5. The van der Waals surface area contributed by atoms with E-state index in [9.17, 15) is 4.79 Å². The van der Waals surface area contributed by atoms with Crippen LogP contribution in [0, 0.1) is 10.8 Å². The van der Waals surface area contributed by atoms with E-state index in [1.807, 2.05) is 0 Å². The van der Waals surface area contributed by atoms with E-state index >= 15 is 0 Å². The Morgan fingerprint density at radius 3 is 2.35 bits per heavy atom. The molecule has 0 aliphatic heterocycles. The molecule has 2 N–H and O–H groups in total. The molecule has 1 aliphatic rings. The van der Waals surface area contributed by atoms with Crippen LogP contribution in [-0.2, 0) is 4.79 Å². The van der Waals surface area contributed by atoms with Crippen LogP contribution in [-0.4, -0.2) is 23.7 Å². The molecular formula is C14H27NO2. The van der Waals surface area contributed by atoms with Gasteiger partial charge in [-0.3, -0.25) is 4.79 Å². The minimum Gasteiger partial charge on any atom is -0.481 e. The van der Waals surface area contributed by atoms with Gasteiger partial charge >= 0.3 is 5.97 Å². The topological polar surface area (TPSA) is 49.3 Å². The molecule has 17 heavy (non-hydrogen) atoms. The van der Waals surface area contributed by atoms with Crippen LogP contribution < -0.4 is 5.32 Å². The molecule has 3 heteroatoms. The van der Waals surface area contributed by atoms with Crippen LogP contribution in [0.15, 0.2) is 0 Å². The highest BCUT2D eigenvalue weighted by Crippen LogP contribution is 2.35. The summed E-state index contributed by atoms with van der Waals surface area (Å²) in [6.07, 6.45) is 5.68. The van der Waals surface area contributed by atoms with Crippen molar-refractivity contribution >= 4 is 5.97 Å². The first-order valence-electron chi connectivity index (χ1n) is 6.70. The van der Waals surface area contributed by atoms with Crippen LogP contribution in [0.25, 0.3) is 0 Å². The second-order valence-corrected chi connectivity index (χ2v) is 6.83. The number of carboxylic acids is 1. The Morgan fingerprint density at radius 1 is 1.35 bits per heavy atom. The van der Waals surface area contributed by atoms with Gasteiger partial charge in [-0.1, -0.05) is 13.8 Å². The summed E-state index contributed by atoms with van der Waals surface area (Å²) in [5.41, 5.74) is -0.112. The average Bonchev–Trinajstić information content (AvgIpc) is 2.20. The number of rotatable bonds is 5. The van der Waals surface area contributed by atoms with Gasteiger partial charge in [-0.25, -0.2) is 0 Å². The maximum atomic E-state index is 11.0. The van der Waals surface area contributed by atoms with Gasteiger partial charge in [0.05, 0.1) is 5.41 Å². The van der Waals surface area contributed by atoms with E-state index in [1.165, 1.54) is 25.7 Å². The third kappa shape index (κ3) is 4.66. The van der Waals surface area contributed by atoms with Crippen LogP contribution >= 0.6 is 0 Å². The maximum Gasteiger partial charge on any atom is 0.309 e. The third-order valence-electron chi connectivity index (χ3n) is 4.10. The normalized spacial score (nSPS) is 21.4. The molecule has 3 nitrogen and oxygen atoms in total. The van der Waals surface area contributed by atoms with Crippen molar-refractivity contribution < 1.29 is 9.90 Å². The smallest absolute Gasteiger partial charge is 0.309 e. The predicted molar refractivity (Wildman–Crippen MR) is 70.1 cm³/mol. The Kier molecular flexibility index (Phi) is 4.59. The summed E-state index contributed by atoms with van der Waals surface area (Å²) < 4.78 is 0. The minimum atomic E-state index is -0.705. The maximum absolute atomic E-state index is 11.0. The number of hydrogen-bond acceptors (Lipinski definition) is 2.